The van der Waals surface area contributed by atoms with E-state index in [4.69, 9.17) is 5.11 Å². The number of tetrazole rings is 1. The predicted molar refractivity (Wildman–Crippen MR) is 80.5 cm³/mol. The molecule has 100 valence electrons. The van der Waals surface area contributed by atoms with E-state index < -0.39 is 11.9 Å². The number of aliphatic carboxylic acids is 1. The number of aromatic nitrogens is 4. The van der Waals surface area contributed by atoms with Gasteiger partial charge in [0, 0.05) is 13.6 Å². The number of carboxylic acids is 1. The van der Waals surface area contributed by atoms with Gasteiger partial charge >= 0.3 is 5.97 Å². The van der Waals surface area contributed by atoms with Crippen LogP contribution < -0.4 is 0 Å². The molecule has 1 aromatic heterocycles. The molecule has 2 aromatic rings. The fraction of sp³-hybridized carbons (Fsp3) is 0.273. The fourth-order valence-electron chi connectivity index (χ4n) is 1.53. The molecule has 0 saturated heterocycles. The summed E-state index contributed by atoms with van der Waals surface area (Å²) in [5, 5.41) is 20.4. The minimum atomic E-state index is -0.872. The molecule has 0 spiro atoms. The zero-order valence-electron chi connectivity index (χ0n) is 9.92. The SMILES string of the molecule is CC(Cn1nnnc1-c1cc(I)ccc1Br)C(=O)O. The molecule has 0 amide bonds. The van der Waals surface area contributed by atoms with E-state index in [1.54, 1.807) is 6.92 Å². The lowest BCUT2D eigenvalue weighted by molar-refractivity contribution is -0.141. The van der Waals surface area contributed by atoms with Gasteiger partial charge in [-0.3, -0.25) is 4.79 Å². The predicted octanol–water partition coefficient (Wildman–Crippen LogP) is 2.43. The highest BCUT2D eigenvalue weighted by Crippen LogP contribution is 2.28. The maximum Gasteiger partial charge on any atom is 0.308 e. The van der Waals surface area contributed by atoms with Crippen molar-refractivity contribution < 1.29 is 9.90 Å². The monoisotopic (exact) mass is 436 g/mol. The molecule has 8 heteroatoms. The molecule has 1 unspecified atom stereocenters. The van der Waals surface area contributed by atoms with Crippen molar-refractivity contribution in [3.63, 3.8) is 0 Å². The Kier molecular flexibility index (Phi) is 4.50. The van der Waals surface area contributed by atoms with Crippen LogP contribution in [-0.4, -0.2) is 31.3 Å². The van der Waals surface area contributed by atoms with E-state index in [1.165, 1.54) is 4.68 Å². The first-order valence-corrected chi connectivity index (χ1v) is 7.30. The van der Waals surface area contributed by atoms with Crippen LogP contribution in [0, 0.1) is 9.49 Å². The lowest BCUT2D eigenvalue weighted by Crippen LogP contribution is -2.18. The lowest BCUT2D eigenvalue weighted by Gasteiger charge is -2.09. The molecule has 0 bridgehead atoms. The molecule has 1 heterocycles. The first-order chi connectivity index (χ1) is 8.99. The quantitative estimate of drug-likeness (QED) is 0.744. The van der Waals surface area contributed by atoms with Gasteiger partial charge in [0.05, 0.1) is 12.5 Å². The number of rotatable bonds is 4. The third-order valence-corrected chi connectivity index (χ3v) is 3.93. The van der Waals surface area contributed by atoms with Crippen LogP contribution in [-0.2, 0) is 11.3 Å². The van der Waals surface area contributed by atoms with E-state index in [2.05, 4.69) is 54.0 Å². The Hall–Kier alpha value is -1.03. The zero-order chi connectivity index (χ0) is 14.0. The second-order valence-corrected chi connectivity index (χ2v) is 6.15. The minimum absolute atomic E-state index is 0.232. The highest BCUT2D eigenvalue weighted by atomic mass is 127. The van der Waals surface area contributed by atoms with Crippen molar-refractivity contribution in [2.24, 2.45) is 5.92 Å². The molecular weight excluding hydrogens is 427 g/mol. The van der Waals surface area contributed by atoms with Crippen molar-refractivity contribution in [1.29, 1.82) is 0 Å². The summed E-state index contributed by atoms with van der Waals surface area (Å²) < 4.78 is 3.43. The van der Waals surface area contributed by atoms with Gasteiger partial charge in [0.25, 0.3) is 0 Å². The smallest absolute Gasteiger partial charge is 0.308 e. The summed E-state index contributed by atoms with van der Waals surface area (Å²) in [6, 6.07) is 5.82. The van der Waals surface area contributed by atoms with Crippen LogP contribution in [0.5, 0.6) is 0 Å². The summed E-state index contributed by atoms with van der Waals surface area (Å²) in [5.74, 6) is -0.870. The third-order valence-electron chi connectivity index (χ3n) is 2.57. The molecule has 0 saturated carbocycles. The summed E-state index contributed by atoms with van der Waals surface area (Å²) in [7, 11) is 0. The molecule has 6 nitrogen and oxygen atoms in total. The Bertz CT molecular complexity index is 616. The Labute approximate surface area is 131 Å². The van der Waals surface area contributed by atoms with Crippen LogP contribution >= 0.6 is 38.5 Å². The van der Waals surface area contributed by atoms with Crippen LogP contribution in [0.15, 0.2) is 22.7 Å². The zero-order valence-corrected chi connectivity index (χ0v) is 13.7. The average Bonchev–Trinajstić information content (AvgIpc) is 2.80. The van der Waals surface area contributed by atoms with Crippen molar-refractivity contribution in [2.45, 2.75) is 13.5 Å². The standard InChI is InChI=1S/C11H10BrIN4O2/c1-6(11(18)19)5-17-10(14-15-16-17)8-4-7(13)2-3-9(8)12/h2-4,6H,5H2,1H3,(H,18,19). The molecule has 1 N–H and O–H groups in total. The Morgan fingerprint density at radius 3 is 3.00 bits per heavy atom. The normalized spacial score (nSPS) is 12.4. The van der Waals surface area contributed by atoms with Gasteiger partial charge in [0.15, 0.2) is 5.82 Å². The molecule has 0 aliphatic heterocycles. The number of carbonyl (C=O) groups is 1. The number of nitrogens with zero attached hydrogens (tertiary/aromatic N) is 4. The highest BCUT2D eigenvalue weighted by Gasteiger charge is 2.18. The van der Waals surface area contributed by atoms with Crippen LogP contribution in [0.2, 0.25) is 0 Å². The van der Waals surface area contributed by atoms with Crippen molar-refractivity contribution in [2.75, 3.05) is 0 Å². The van der Waals surface area contributed by atoms with Gasteiger partial charge in [-0.05, 0) is 51.2 Å². The highest BCUT2D eigenvalue weighted by molar-refractivity contribution is 14.1. The molecule has 1 atom stereocenters. The van der Waals surface area contributed by atoms with Crippen LogP contribution in [0.25, 0.3) is 11.4 Å². The summed E-state index contributed by atoms with van der Waals surface area (Å²) in [6.07, 6.45) is 0. The number of carboxylic acid groups (broad SMARTS) is 1. The van der Waals surface area contributed by atoms with Crippen molar-refractivity contribution in [3.05, 3.63) is 26.2 Å². The maximum absolute atomic E-state index is 10.9. The topological polar surface area (TPSA) is 80.9 Å². The maximum atomic E-state index is 10.9. The molecule has 0 aliphatic rings. The lowest BCUT2D eigenvalue weighted by atomic mass is 10.1. The average molecular weight is 437 g/mol. The summed E-state index contributed by atoms with van der Waals surface area (Å²) in [6.45, 7) is 1.85. The van der Waals surface area contributed by atoms with E-state index in [0.717, 1.165) is 13.6 Å². The number of hydrogen-bond acceptors (Lipinski definition) is 4. The van der Waals surface area contributed by atoms with Crippen LogP contribution in [0.1, 0.15) is 6.92 Å². The third kappa shape index (κ3) is 3.30. The van der Waals surface area contributed by atoms with Crippen LogP contribution in [0.4, 0.5) is 0 Å². The van der Waals surface area contributed by atoms with Crippen molar-refractivity contribution in [3.8, 4) is 11.4 Å². The number of halogens is 2. The molecule has 2 rings (SSSR count). The van der Waals surface area contributed by atoms with E-state index >= 15 is 0 Å². The number of hydrogen-bond donors (Lipinski definition) is 1. The summed E-state index contributed by atoms with van der Waals surface area (Å²) in [5.41, 5.74) is 0.842. The Balaban J connectivity index is 2.39. The molecule has 19 heavy (non-hydrogen) atoms. The van der Waals surface area contributed by atoms with Crippen LogP contribution in [0.3, 0.4) is 0 Å². The fourth-order valence-corrected chi connectivity index (χ4v) is 2.44. The Morgan fingerprint density at radius 2 is 2.32 bits per heavy atom. The molecule has 0 fully saturated rings. The molecule has 0 aliphatic carbocycles. The summed E-state index contributed by atoms with van der Waals surface area (Å²) >= 11 is 5.65. The van der Waals surface area contributed by atoms with E-state index in [1.807, 2.05) is 18.2 Å². The van der Waals surface area contributed by atoms with Gasteiger partial charge in [-0.25, -0.2) is 4.68 Å². The molecular formula is C11H10BrIN4O2. The molecule has 1 aromatic carbocycles. The van der Waals surface area contributed by atoms with E-state index in [-0.39, 0.29) is 6.54 Å². The van der Waals surface area contributed by atoms with Gasteiger partial charge in [-0.15, -0.1) is 5.10 Å². The van der Waals surface area contributed by atoms with Gasteiger partial charge in [-0.1, -0.05) is 22.9 Å². The van der Waals surface area contributed by atoms with Crippen molar-refractivity contribution in [1.82, 2.24) is 20.2 Å². The minimum Gasteiger partial charge on any atom is -0.481 e. The van der Waals surface area contributed by atoms with E-state index in [9.17, 15) is 4.79 Å². The van der Waals surface area contributed by atoms with Gasteiger partial charge < -0.3 is 5.11 Å². The van der Waals surface area contributed by atoms with Crippen molar-refractivity contribution >= 4 is 44.5 Å². The summed E-state index contributed by atoms with van der Waals surface area (Å²) in [4.78, 5) is 10.9. The van der Waals surface area contributed by atoms with Gasteiger partial charge in [0.1, 0.15) is 0 Å². The second kappa shape index (κ2) is 5.95. The first kappa shape index (κ1) is 14.4. The number of benzene rings is 1. The largest absolute Gasteiger partial charge is 0.481 e. The Morgan fingerprint density at radius 1 is 1.58 bits per heavy atom. The second-order valence-electron chi connectivity index (χ2n) is 4.05. The van der Waals surface area contributed by atoms with E-state index in [0.29, 0.717) is 5.82 Å². The first-order valence-electron chi connectivity index (χ1n) is 5.43. The molecule has 0 radical (unpaired) electrons. The van der Waals surface area contributed by atoms with Gasteiger partial charge in [0.2, 0.25) is 0 Å². The van der Waals surface area contributed by atoms with Gasteiger partial charge in [-0.2, -0.15) is 0 Å².